The minimum atomic E-state index is -3.70. The van der Waals surface area contributed by atoms with Crippen LogP contribution in [-0.4, -0.2) is 32.5 Å². The summed E-state index contributed by atoms with van der Waals surface area (Å²) in [7, 11) is -3.70. The highest BCUT2D eigenvalue weighted by atomic mass is 32.2. The van der Waals surface area contributed by atoms with Gasteiger partial charge in [-0.05, 0) is 43.7 Å². The molecule has 2 aromatic carbocycles. The summed E-state index contributed by atoms with van der Waals surface area (Å²) >= 11 is 0. The van der Waals surface area contributed by atoms with Crippen molar-refractivity contribution in [2.45, 2.75) is 26.3 Å². The van der Waals surface area contributed by atoms with Gasteiger partial charge in [-0.2, -0.15) is 0 Å². The minimum absolute atomic E-state index is 0.249. The number of rotatable bonds is 7. The summed E-state index contributed by atoms with van der Waals surface area (Å²) < 4.78 is 25.9. The Balaban J connectivity index is 2.36. The second-order valence-electron chi connectivity index (χ2n) is 6.25. The maximum absolute atomic E-state index is 12.8. The molecule has 27 heavy (non-hydrogen) atoms. The third-order valence-corrected chi connectivity index (χ3v) is 5.21. The fraction of sp³-hybridized carbons (Fsp3) is 0.263. The van der Waals surface area contributed by atoms with E-state index in [2.05, 4.69) is 5.32 Å². The summed E-state index contributed by atoms with van der Waals surface area (Å²) in [4.78, 5) is 24.1. The molecule has 0 aliphatic heterocycles. The average Bonchev–Trinajstić information content (AvgIpc) is 2.59. The van der Waals surface area contributed by atoms with Crippen molar-refractivity contribution in [1.82, 2.24) is 0 Å². The first-order valence-electron chi connectivity index (χ1n) is 8.40. The van der Waals surface area contributed by atoms with Crippen molar-refractivity contribution in [2.75, 3.05) is 15.9 Å². The van der Waals surface area contributed by atoms with Crippen LogP contribution in [0.15, 0.2) is 48.5 Å². The van der Waals surface area contributed by atoms with Gasteiger partial charge in [0.05, 0.1) is 11.9 Å². The molecule has 0 radical (unpaired) electrons. The molecule has 0 saturated heterocycles. The van der Waals surface area contributed by atoms with E-state index in [1.54, 1.807) is 43.3 Å². The molecule has 0 fully saturated rings. The maximum atomic E-state index is 12.8. The molecule has 0 aromatic heterocycles. The monoisotopic (exact) mass is 389 g/mol. The Hall–Kier alpha value is -2.87. The number of carbonyl (C=O) groups is 2. The Morgan fingerprint density at radius 3 is 2.30 bits per heavy atom. The van der Waals surface area contributed by atoms with Crippen LogP contribution in [0.5, 0.6) is 0 Å². The third kappa shape index (κ3) is 5.07. The summed E-state index contributed by atoms with van der Waals surface area (Å²) in [6.07, 6.45) is 1.33. The molecule has 0 heterocycles. The number of anilines is 2. The lowest BCUT2D eigenvalue weighted by molar-refractivity contribution is -0.117. The van der Waals surface area contributed by atoms with Crippen molar-refractivity contribution in [1.29, 1.82) is 0 Å². The van der Waals surface area contributed by atoms with Crippen molar-refractivity contribution in [3.8, 4) is 0 Å². The number of nitrogens with two attached hydrogens (primary N) is 1. The number of nitrogens with one attached hydrogen (secondary N) is 1. The van der Waals surface area contributed by atoms with Gasteiger partial charge in [0.25, 0.3) is 0 Å². The quantitative estimate of drug-likeness (QED) is 0.757. The lowest BCUT2D eigenvalue weighted by Crippen LogP contribution is -2.47. The predicted octanol–water partition coefficient (Wildman–Crippen LogP) is 2.28. The molecule has 0 spiro atoms. The van der Waals surface area contributed by atoms with Gasteiger partial charge in [0.1, 0.15) is 6.04 Å². The molecule has 1 atom stereocenters. The van der Waals surface area contributed by atoms with Gasteiger partial charge in [-0.15, -0.1) is 0 Å². The van der Waals surface area contributed by atoms with Crippen LogP contribution in [0.3, 0.4) is 0 Å². The number of nitrogens with zero attached hydrogens (tertiary/aromatic N) is 1. The Bertz CT molecular complexity index is 940. The number of benzene rings is 2. The van der Waals surface area contributed by atoms with Gasteiger partial charge < -0.3 is 11.1 Å². The Morgan fingerprint density at radius 2 is 1.78 bits per heavy atom. The Labute approximate surface area is 159 Å². The highest BCUT2D eigenvalue weighted by Crippen LogP contribution is 2.24. The SMILES string of the molecule is CCC(C(=O)Nc1cccc(C(N)=O)c1)N(c1ccc(C)cc1)S(C)(=O)=O. The number of aryl methyl sites for hydroxylation is 1. The molecule has 2 aromatic rings. The van der Waals surface area contributed by atoms with Gasteiger partial charge in [-0.25, -0.2) is 8.42 Å². The van der Waals surface area contributed by atoms with E-state index in [9.17, 15) is 18.0 Å². The molecule has 0 saturated carbocycles. The fourth-order valence-corrected chi connectivity index (χ4v) is 3.94. The standard InChI is InChI=1S/C19H23N3O4S/c1-4-17(19(24)21-15-7-5-6-14(12-15)18(20)23)22(27(3,25)26)16-10-8-13(2)9-11-16/h5-12,17H,4H2,1-3H3,(H2,20,23)(H,21,24). The summed E-state index contributed by atoms with van der Waals surface area (Å²) in [5.41, 5.74) is 7.26. The normalized spacial score (nSPS) is 12.3. The van der Waals surface area contributed by atoms with Gasteiger partial charge in [0.2, 0.25) is 21.8 Å². The first kappa shape index (κ1) is 20.4. The molecule has 144 valence electrons. The van der Waals surface area contributed by atoms with E-state index < -0.39 is 27.9 Å². The van der Waals surface area contributed by atoms with Crippen molar-refractivity contribution >= 4 is 33.2 Å². The largest absolute Gasteiger partial charge is 0.366 e. The maximum Gasteiger partial charge on any atom is 0.248 e. The number of hydrogen-bond donors (Lipinski definition) is 2. The molecule has 3 N–H and O–H groups in total. The van der Waals surface area contributed by atoms with E-state index in [1.807, 2.05) is 6.92 Å². The third-order valence-electron chi connectivity index (χ3n) is 4.03. The first-order chi connectivity index (χ1) is 12.6. The van der Waals surface area contributed by atoms with Gasteiger partial charge in [0.15, 0.2) is 0 Å². The zero-order valence-electron chi connectivity index (χ0n) is 15.5. The average molecular weight is 389 g/mol. The number of sulfonamides is 1. The van der Waals surface area contributed by atoms with Gasteiger partial charge in [-0.1, -0.05) is 30.7 Å². The summed E-state index contributed by atoms with van der Waals surface area (Å²) in [6.45, 7) is 3.63. The van der Waals surface area contributed by atoms with Gasteiger partial charge >= 0.3 is 0 Å². The summed E-state index contributed by atoms with van der Waals surface area (Å²) in [5, 5.41) is 2.67. The molecular formula is C19H23N3O4S. The van der Waals surface area contributed by atoms with E-state index >= 15 is 0 Å². The lowest BCUT2D eigenvalue weighted by atomic mass is 10.1. The zero-order chi connectivity index (χ0) is 20.2. The number of carbonyl (C=O) groups excluding carboxylic acids is 2. The first-order valence-corrected chi connectivity index (χ1v) is 10.2. The van der Waals surface area contributed by atoms with Crippen LogP contribution in [0.2, 0.25) is 0 Å². The molecule has 2 amide bonds. The fourth-order valence-electron chi connectivity index (χ4n) is 2.73. The van der Waals surface area contributed by atoms with E-state index in [4.69, 9.17) is 5.73 Å². The van der Waals surface area contributed by atoms with E-state index in [0.29, 0.717) is 11.4 Å². The van der Waals surface area contributed by atoms with Crippen molar-refractivity contribution in [3.63, 3.8) is 0 Å². The van der Waals surface area contributed by atoms with Gasteiger partial charge in [-0.3, -0.25) is 13.9 Å². The van der Waals surface area contributed by atoms with E-state index in [-0.39, 0.29) is 12.0 Å². The van der Waals surface area contributed by atoms with Crippen molar-refractivity contribution in [3.05, 3.63) is 59.7 Å². The molecule has 0 aliphatic carbocycles. The molecule has 2 rings (SSSR count). The molecule has 8 heteroatoms. The Kier molecular flexibility index (Phi) is 6.22. The summed E-state index contributed by atoms with van der Waals surface area (Å²) in [5.74, 6) is -1.11. The smallest absolute Gasteiger partial charge is 0.248 e. The van der Waals surface area contributed by atoms with Crippen molar-refractivity contribution < 1.29 is 18.0 Å². The molecule has 7 nitrogen and oxygen atoms in total. The van der Waals surface area contributed by atoms with Crippen LogP contribution in [0.4, 0.5) is 11.4 Å². The van der Waals surface area contributed by atoms with Crippen molar-refractivity contribution in [2.24, 2.45) is 5.73 Å². The van der Waals surface area contributed by atoms with Crippen LogP contribution in [0.25, 0.3) is 0 Å². The second kappa shape index (κ2) is 8.22. The lowest BCUT2D eigenvalue weighted by Gasteiger charge is -2.30. The number of amides is 2. The Morgan fingerprint density at radius 1 is 1.15 bits per heavy atom. The van der Waals surface area contributed by atoms with Crippen LogP contribution in [0, 0.1) is 6.92 Å². The van der Waals surface area contributed by atoms with E-state index in [1.165, 1.54) is 12.1 Å². The molecule has 0 bridgehead atoms. The molecule has 1 unspecified atom stereocenters. The second-order valence-corrected chi connectivity index (χ2v) is 8.11. The highest BCUT2D eigenvalue weighted by Gasteiger charge is 2.31. The topological polar surface area (TPSA) is 110 Å². The van der Waals surface area contributed by atoms with Gasteiger partial charge in [0, 0.05) is 11.3 Å². The number of hydrogen-bond acceptors (Lipinski definition) is 4. The molecule has 0 aliphatic rings. The predicted molar refractivity (Wildman–Crippen MR) is 106 cm³/mol. The molecular weight excluding hydrogens is 366 g/mol. The van der Waals surface area contributed by atoms with Crippen LogP contribution >= 0.6 is 0 Å². The van der Waals surface area contributed by atoms with Crippen LogP contribution < -0.4 is 15.4 Å². The van der Waals surface area contributed by atoms with Crippen LogP contribution in [0.1, 0.15) is 29.3 Å². The van der Waals surface area contributed by atoms with E-state index in [0.717, 1.165) is 16.1 Å². The summed E-state index contributed by atoms with van der Waals surface area (Å²) in [6, 6.07) is 12.1. The highest BCUT2D eigenvalue weighted by molar-refractivity contribution is 7.92. The minimum Gasteiger partial charge on any atom is -0.366 e. The number of primary amides is 1. The van der Waals surface area contributed by atoms with Crippen LogP contribution in [-0.2, 0) is 14.8 Å². The zero-order valence-corrected chi connectivity index (χ0v) is 16.3.